The van der Waals surface area contributed by atoms with E-state index in [-0.39, 0.29) is 5.91 Å². The third-order valence-corrected chi connectivity index (χ3v) is 5.29. The van der Waals surface area contributed by atoms with Crippen LogP contribution >= 0.6 is 0 Å². The molecule has 0 saturated heterocycles. The lowest BCUT2D eigenvalue weighted by atomic mass is 10.1. The predicted molar refractivity (Wildman–Crippen MR) is 126 cm³/mol. The summed E-state index contributed by atoms with van der Waals surface area (Å²) in [5.41, 5.74) is 5.27. The summed E-state index contributed by atoms with van der Waals surface area (Å²) < 4.78 is 13.2. The fourth-order valence-corrected chi connectivity index (χ4v) is 3.74. The largest absolute Gasteiger partial charge is 0.490 e. The number of fused-ring (bicyclic) bond motifs is 1. The van der Waals surface area contributed by atoms with Gasteiger partial charge in [-0.1, -0.05) is 12.1 Å². The molecule has 33 heavy (non-hydrogen) atoms. The highest BCUT2D eigenvalue weighted by Crippen LogP contribution is 2.35. The lowest BCUT2D eigenvalue weighted by molar-refractivity contribution is 0.0948. The van der Waals surface area contributed by atoms with Crippen molar-refractivity contribution < 1.29 is 14.3 Å². The van der Waals surface area contributed by atoms with Crippen LogP contribution in [0.15, 0.2) is 48.8 Å². The molecule has 3 heterocycles. The normalized spacial score (nSPS) is 10.9. The van der Waals surface area contributed by atoms with Crippen LogP contribution in [0.3, 0.4) is 0 Å². The molecule has 0 aliphatic heterocycles. The maximum Gasteiger partial charge on any atom is 0.255 e. The van der Waals surface area contributed by atoms with E-state index >= 15 is 0 Å². The zero-order valence-electron chi connectivity index (χ0n) is 19.3. The molecule has 1 aromatic carbocycles. The first-order valence-electron chi connectivity index (χ1n) is 11.0. The monoisotopic (exact) mass is 445 g/mol. The minimum Gasteiger partial charge on any atom is -0.490 e. The number of amides is 1. The fourth-order valence-electron chi connectivity index (χ4n) is 3.74. The van der Waals surface area contributed by atoms with E-state index in [0.717, 1.165) is 22.5 Å². The summed E-state index contributed by atoms with van der Waals surface area (Å²) in [5.74, 6) is 1.16. The molecule has 3 aromatic heterocycles. The Morgan fingerprint density at radius 1 is 1.03 bits per heavy atom. The van der Waals surface area contributed by atoms with E-state index in [4.69, 9.17) is 9.47 Å². The standard InChI is InChI=1S/C25H27N5O3/c1-5-32-21-11-10-18(13-22(21)33-6-2)23-16(3)29-30-17(4)20(15-27-24(23)30)25(31)28-14-19-9-7-8-12-26-19/h7-13,15H,5-6,14H2,1-4H3,(H,28,31). The maximum absolute atomic E-state index is 12.8. The molecule has 4 aromatic rings. The minimum absolute atomic E-state index is 0.220. The third kappa shape index (κ3) is 4.50. The lowest BCUT2D eigenvalue weighted by Crippen LogP contribution is -2.25. The van der Waals surface area contributed by atoms with E-state index in [1.165, 1.54) is 0 Å². The Labute approximate surface area is 192 Å². The Morgan fingerprint density at radius 3 is 2.55 bits per heavy atom. The van der Waals surface area contributed by atoms with Gasteiger partial charge in [-0.05, 0) is 57.5 Å². The van der Waals surface area contributed by atoms with Gasteiger partial charge in [0.2, 0.25) is 0 Å². The highest BCUT2D eigenvalue weighted by atomic mass is 16.5. The molecule has 0 saturated carbocycles. The van der Waals surface area contributed by atoms with Crippen molar-refractivity contribution in [3.05, 3.63) is 71.4 Å². The van der Waals surface area contributed by atoms with Crippen LogP contribution < -0.4 is 14.8 Å². The number of ether oxygens (including phenoxy) is 2. The van der Waals surface area contributed by atoms with Crippen LogP contribution in [-0.2, 0) is 6.54 Å². The van der Waals surface area contributed by atoms with E-state index in [1.807, 2.05) is 64.1 Å². The Bertz CT molecular complexity index is 1280. The molecular formula is C25H27N5O3. The molecule has 8 heteroatoms. The summed E-state index contributed by atoms with van der Waals surface area (Å²) in [6.07, 6.45) is 3.30. The van der Waals surface area contributed by atoms with Crippen molar-refractivity contribution in [2.75, 3.05) is 13.2 Å². The van der Waals surface area contributed by atoms with Gasteiger partial charge in [0, 0.05) is 18.0 Å². The number of aryl methyl sites for hydroxylation is 2. The molecule has 0 aliphatic rings. The molecule has 0 unspecified atom stereocenters. The molecule has 0 aliphatic carbocycles. The van der Waals surface area contributed by atoms with Gasteiger partial charge in [0.25, 0.3) is 5.91 Å². The van der Waals surface area contributed by atoms with Gasteiger partial charge in [-0.15, -0.1) is 0 Å². The summed E-state index contributed by atoms with van der Waals surface area (Å²) in [7, 11) is 0. The average Bonchev–Trinajstić information content (AvgIpc) is 3.16. The van der Waals surface area contributed by atoms with Gasteiger partial charge in [0.05, 0.1) is 42.4 Å². The topological polar surface area (TPSA) is 90.6 Å². The Hall–Kier alpha value is -3.94. The molecule has 0 fully saturated rings. The minimum atomic E-state index is -0.220. The first-order chi connectivity index (χ1) is 16.0. The van der Waals surface area contributed by atoms with E-state index in [0.29, 0.717) is 48.2 Å². The number of hydrogen-bond donors (Lipinski definition) is 1. The summed E-state index contributed by atoms with van der Waals surface area (Å²) >= 11 is 0. The van der Waals surface area contributed by atoms with E-state index in [2.05, 4.69) is 20.4 Å². The number of pyridine rings is 1. The second kappa shape index (κ2) is 9.68. The van der Waals surface area contributed by atoms with Crippen LogP contribution in [0.4, 0.5) is 0 Å². The van der Waals surface area contributed by atoms with E-state index in [1.54, 1.807) is 16.9 Å². The summed E-state index contributed by atoms with van der Waals surface area (Å²) in [6.45, 7) is 9.11. The average molecular weight is 446 g/mol. The van der Waals surface area contributed by atoms with Gasteiger partial charge in [-0.2, -0.15) is 5.10 Å². The molecule has 170 valence electrons. The molecule has 0 radical (unpaired) electrons. The van der Waals surface area contributed by atoms with Crippen LogP contribution in [-0.4, -0.2) is 38.7 Å². The number of rotatable bonds is 8. The molecular weight excluding hydrogens is 418 g/mol. The van der Waals surface area contributed by atoms with Gasteiger partial charge < -0.3 is 14.8 Å². The van der Waals surface area contributed by atoms with Gasteiger partial charge >= 0.3 is 0 Å². The second-order valence-electron chi connectivity index (χ2n) is 7.48. The van der Waals surface area contributed by atoms with Gasteiger partial charge in [-0.25, -0.2) is 9.50 Å². The summed E-state index contributed by atoms with van der Waals surface area (Å²) in [4.78, 5) is 21.6. The molecule has 4 rings (SSSR count). The highest BCUT2D eigenvalue weighted by molar-refractivity contribution is 5.95. The maximum atomic E-state index is 12.8. The van der Waals surface area contributed by atoms with E-state index < -0.39 is 0 Å². The SMILES string of the molecule is CCOc1ccc(-c2c(C)nn3c(C)c(C(=O)NCc4ccccn4)cnc23)cc1OCC. The molecule has 0 bridgehead atoms. The second-order valence-corrected chi connectivity index (χ2v) is 7.48. The molecule has 1 N–H and O–H groups in total. The number of hydrogen-bond acceptors (Lipinski definition) is 6. The van der Waals surface area contributed by atoms with Gasteiger partial charge in [0.15, 0.2) is 17.1 Å². The number of carbonyl (C=O) groups excluding carboxylic acids is 1. The number of benzene rings is 1. The van der Waals surface area contributed by atoms with Crippen LogP contribution in [0.5, 0.6) is 11.5 Å². The first kappa shape index (κ1) is 22.3. The number of carbonyl (C=O) groups is 1. The highest BCUT2D eigenvalue weighted by Gasteiger charge is 2.20. The van der Waals surface area contributed by atoms with Crippen LogP contribution in [0.25, 0.3) is 16.8 Å². The third-order valence-electron chi connectivity index (χ3n) is 5.29. The van der Waals surface area contributed by atoms with Crippen molar-refractivity contribution in [2.24, 2.45) is 0 Å². The zero-order valence-corrected chi connectivity index (χ0v) is 19.3. The van der Waals surface area contributed by atoms with Crippen molar-refractivity contribution in [3.8, 4) is 22.6 Å². The summed E-state index contributed by atoms with van der Waals surface area (Å²) in [6, 6.07) is 11.4. The van der Waals surface area contributed by atoms with Crippen molar-refractivity contribution in [1.82, 2.24) is 24.9 Å². The smallest absolute Gasteiger partial charge is 0.255 e. The summed E-state index contributed by atoms with van der Waals surface area (Å²) in [5, 5.41) is 7.58. The molecule has 8 nitrogen and oxygen atoms in total. The van der Waals surface area contributed by atoms with Crippen molar-refractivity contribution >= 4 is 11.6 Å². The number of nitrogens with one attached hydrogen (secondary N) is 1. The molecule has 1 amide bonds. The number of aromatic nitrogens is 4. The fraction of sp³-hybridized carbons (Fsp3) is 0.280. The predicted octanol–water partition coefficient (Wildman–Crippen LogP) is 4.14. The zero-order chi connectivity index (χ0) is 23.4. The lowest BCUT2D eigenvalue weighted by Gasteiger charge is -2.12. The van der Waals surface area contributed by atoms with Gasteiger partial charge in [0.1, 0.15) is 0 Å². The number of nitrogens with zero attached hydrogens (tertiary/aromatic N) is 4. The van der Waals surface area contributed by atoms with Crippen LogP contribution in [0, 0.1) is 13.8 Å². The van der Waals surface area contributed by atoms with Crippen LogP contribution in [0.1, 0.15) is 41.3 Å². The molecule has 0 spiro atoms. The Balaban J connectivity index is 1.68. The van der Waals surface area contributed by atoms with Crippen molar-refractivity contribution in [1.29, 1.82) is 0 Å². The van der Waals surface area contributed by atoms with Crippen molar-refractivity contribution in [2.45, 2.75) is 34.2 Å². The van der Waals surface area contributed by atoms with Gasteiger partial charge in [-0.3, -0.25) is 9.78 Å². The molecule has 0 atom stereocenters. The van der Waals surface area contributed by atoms with E-state index in [9.17, 15) is 4.79 Å². The Morgan fingerprint density at radius 2 is 1.82 bits per heavy atom. The quantitative estimate of drug-likeness (QED) is 0.438. The first-order valence-corrected chi connectivity index (χ1v) is 11.0. The Kier molecular flexibility index (Phi) is 6.53. The van der Waals surface area contributed by atoms with Crippen molar-refractivity contribution in [3.63, 3.8) is 0 Å². The van der Waals surface area contributed by atoms with Crippen LogP contribution in [0.2, 0.25) is 0 Å².